The highest BCUT2D eigenvalue weighted by molar-refractivity contribution is 7.09. The lowest BCUT2D eigenvalue weighted by Gasteiger charge is -2.23. The number of nitrogens with zero attached hydrogens (tertiary/aromatic N) is 2. The molecule has 0 bridgehead atoms. The number of hydrogen-bond donors (Lipinski definition) is 1. The van der Waals surface area contributed by atoms with Crippen molar-refractivity contribution in [3.8, 4) is 0 Å². The van der Waals surface area contributed by atoms with Crippen LogP contribution in [0.4, 0.5) is 5.69 Å². The third-order valence-corrected chi connectivity index (χ3v) is 4.47. The number of hydrogen-bond acceptors (Lipinski definition) is 4. The zero-order valence-electron chi connectivity index (χ0n) is 12.6. The molecule has 1 aliphatic heterocycles. The minimum atomic E-state index is -0.199. The minimum absolute atomic E-state index is 0.0914. The highest BCUT2D eigenvalue weighted by atomic mass is 32.1. The van der Waals surface area contributed by atoms with Gasteiger partial charge in [0.1, 0.15) is 5.71 Å². The summed E-state index contributed by atoms with van der Waals surface area (Å²) in [5, 5.41) is 10.5. The number of benzene rings is 1. The van der Waals surface area contributed by atoms with Gasteiger partial charge in [-0.15, -0.1) is 11.3 Å². The number of hydrazone groups is 1. The maximum atomic E-state index is 12.2. The van der Waals surface area contributed by atoms with Gasteiger partial charge in [0, 0.05) is 24.3 Å². The lowest BCUT2D eigenvalue weighted by Crippen LogP contribution is -2.39. The largest absolute Gasteiger partial charge is 0.351 e. The van der Waals surface area contributed by atoms with Crippen molar-refractivity contribution in [3.63, 3.8) is 0 Å². The number of amides is 2. The second kappa shape index (κ2) is 7.19. The summed E-state index contributed by atoms with van der Waals surface area (Å²) in [7, 11) is 0. The summed E-state index contributed by atoms with van der Waals surface area (Å²) in [5.74, 6) is -0.290. The van der Waals surface area contributed by atoms with E-state index in [4.69, 9.17) is 0 Å². The van der Waals surface area contributed by atoms with Crippen LogP contribution in [0, 0.1) is 0 Å². The molecule has 23 heavy (non-hydrogen) atoms. The van der Waals surface area contributed by atoms with Gasteiger partial charge in [0.25, 0.3) is 5.91 Å². The number of thiophene rings is 1. The smallest absolute Gasteiger partial charge is 0.267 e. The monoisotopic (exact) mass is 327 g/mol. The minimum Gasteiger partial charge on any atom is -0.351 e. The molecule has 1 aliphatic rings. The van der Waals surface area contributed by atoms with Crippen molar-refractivity contribution in [3.05, 3.63) is 52.7 Å². The highest BCUT2D eigenvalue weighted by Crippen LogP contribution is 2.19. The van der Waals surface area contributed by atoms with E-state index in [2.05, 4.69) is 10.4 Å². The Bertz CT molecular complexity index is 711. The molecule has 6 heteroatoms. The first-order valence-electron chi connectivity index (χ1n) is 7.50. The molecule has 0 fully saturated rings. The van der Waals surface area contributed by atoms with Crippen LogP contribution in [0.1, 0.15) is 17.7 Å². The van der Waals surface area contributed by atoms with Crippen LogP contribution in [0.15, 0.2) is 52.9 Å². The van der Waals surface area contributed by atoms with E-state index in [0.29, 0.717) is 30.8 Å². The standard InChI is InChI=1S/C17H17N3O2S/c21-16-9-8-15(19-20(16)13-5-2-1-3-6-13)17(22)18-11-10-14-7-4-12-23-14/h1-7,12H,8-11H2,(H,18,22). The molecule has 1 N–H and O–H groups in total. The highest BCUT2D eigenvalue weighted by Gasteiger charge is 2.25. The number of nitrogens with one attached hydrogen (secondary N) is 1. The first kappa shape index (κ1) is 15.4. The number of anilines is 1. The van der Waals surface area contributed by atoms with E-state index < -0.39 is 0 Å². The van der Waals surface area contributed by atoms with Crippen LogP contribution in [0.25, 0.3) is 0 Å². The van der Waals surface area contributed by atoms with Crippen LogP contribution < -0.4 is 10.3 Å². The summed E-state index contributed by atoms with van der Waals surface area (Å²) >= 11 is 1.67. The Morgan fingerprint density at radius 2 is 2.00 bits per heavy atom. The number of rotatable bonds is 5. The van der Waals surface area contributed by atoms with Crippen LogP contribution in [0.3, 0.4) is 0 Å². The summed E-state index contributed by atoms with van der Waals surface area (Å²) < 4.78 is 0. The topological polar surface area (TPSA) is 61.8 Å². The van der Waals surface area contributed by atoms with E-state index >= 15 is 0 Å². The fraction of sp³-hybridized carbons (Fsp3) is 0.235. The molecule has 0 atom stereocenters. The average molecular weight is 327 g/mol. The van der Waals surface area contributed by atoms with Crippen molar-refractivity contribution in [2.24, 2.45) is 5.10 Å². The Hall–Kier alpha value is -2.47. The maximum absolute atomic E-state index is 12.2. The first-order valence-corrected chi connectivity index (χ1v) is 8.38. The lowest BCUT2D eigenvalue weighted by atomic mass is 10.1. The van der Waals surface area contributed by atoms with Gasteiger partial charge in [-0.3, -0.25) is 9.59 Å². The number of para-hydroxylation sites is 1. The Morgan fingerprint density at radius 1 is 1.17 bits per heavy atom. The van der Waals surface area contributed by atoms with Gasteiger partial charge < -0.3 is 5.32 Å². The van der Waals surface area contributed by atoms with Crippen molar-refractivity contribution < 1.29 is 9.59 Å². The van der Waals surface area contributed by atoms with Gasteiger partial charge in [-0.25, -0.2) is 5.01 Å². The molecule has 5 nitrogen and oxygen atoms in total. The molecular weight excluding hydrogens is 310 g/mol. The molecule has 0 unspecified atom stereocenters. The molecule has 0 radical (unpaired) electrons. The fourth-order valence-electron chi connectivity index (χ4n) is 2.34. The maximum Gasteiger partial charge on any atom is 0.267 e. The normalized spacial score (nSPS) is 14.5. The van der Waals surface area contributed by atoms with E-state index in [1.807, 2.05) is 35.7 Å². The van der Waals surface area contributed by atoms with Crippen LogP contribution in [0.2, 0.25) is 0 Å². The van der Waals surface area contributed by atoms with Gasteiger partial charge in [0.15, 0.2) is 0 Å². The zero-order chi connectivity index (χ0) is 16.1. The van der Waals surface area contributed by atoms with Gasteiger partial charge in [-0.05, 0) is 30.0 Å². The number of carbonyl (C=O) groups excluding carboxylic acids is 2. The molecule has 0 aliphatic carbocycles. The molecule has 118 valence electrons. The third kappa shape index (κ3) is 3.84. The second-order valence-electron chi connectivity index (χ2n) is 5.17. The van der Waals surface area contributed by atoms with E-state index in [0.717, 1.165) is 6.42 Å². The van der Waals surface area contributed by atoms with Gasteiger partial charge in [-0.1, -0.05) is 24.3 Å². The van der Waals surface area contributed by atoms with Gasteiger partial charge in [-0.2, -0.15) is 5.10 Å². The van der Waals surface area contributed by atoms with Crippen molar-refractivity contribution >= 4 is 34.6 Å². The van der Waals surface area contributed by atoms with Gasteiger partial charge >= 0.3 is 0 Å². The predicted molar refractivity (Wildman–Crippen MR) is 91.6 cm³/mol. The second-order valence-corrected chi connectivity index (χ2v) is 6.21. The molecule has 1 aromatic carbocycles. The third-order valence-electron chi connectivity index (χ3n) is 3.53. The SMILES string of the molecule is O=C(NCCc1cccs1)C1=NN(c2ccccc2)C(=O)CC1. The summed E-state index contributed by atoms with van der Waals surface area (Å²) in [6.45, 7) is 0.567. The fourth-order valence-corrected chi connectivity index (χ4v) is 3.05. The van der Waals surface area contributed by atoms with Crippen molar-refractivity contribution in [1.29, 1.82) is 0 Å². The van der Waals surface area contributed by atoms with Crippen molar-refractivity contribution in [2.45, 2.75) is 19.3 Å². The summed E-state index contributed by atoms with van der Waals surface area (Å²) in [4.78, 5) is 25.5. The molecule has 1 aromatic heterocycles. The van der Waals surface area contributed by atoms with Crippen molar-refractivity contribution in [1.82, 2.24) is 5.32 Å². The Kier molecular flexibility index (Phi) is 4.83. The Balaban J connectivity index is 1.64. The first-order chi connectivity index (χ1) is 11.2. The molecule has 2 heterocycles. The van der Waals surface area contributed by atoms with Gasteiger partial charge in [0.05, 0.1) is 5.69 Å². The number of carbonyl (C=O) groups is 2. The van der Waals surface area contributed by atoms with E-state index in [1.54, 1.807) is 23.5 Å². The van der Waals surface area contributed by atoms with Crippen LogP contribution in [0.5, 0.6) is 0 Å². The molecule has 3 rings (SSSR count). The summed E-state index contributed by atoms with van der Waals surface area (Å²) in [6.07, 6.45) is 1.48. The molecule has 0 spiro atoms. The van der Waals surface area contributed by atoms with E-state index in [9.17, 15) is 9.59 Å². The van der Waals surface area contributed by atoms with Gasteiger partial charge in [0.2, 0.25) is 5.91 Å². The van der Waals surface area contributed by atoms with E-state index in [1.165, 1.54) is 9.89 Å². The Morgan fingerprint density at radius 3 is 2.74 bits per heavy atom. The lowest BCUT2D eigenvalue weighted by molar-refractivity contribution is -0.118. The van der Waals surface area contributed by atoms with Crippen LogP contribution in [-0.2, 0) is 16.0 Å². The zero-order valence-corrected chi connectivity index (χ0v) is 13.4. The van der Waals surface area contributed by atoms with Crippen LogP contribution in [-0.4, -0.2) is 24.1 Å². The quantitative estimate of drug-likeness (QED) is 0.917. The Labute approximate surface area is 138 Å². The molecule has 2 amide bonds. The summed E-state index contributed by atoms with van der Waals surface area (Å²) in [6, 6.07) is 13.2. The predicted octanol–water partition coefficient (Wildman–Crippen LogP) is 2.59. The average Bonchev–Trinajstić information content (AvgIpc) is 3.09. The van der Waals surface area contributed by atoms with E-state index in [-0.39, 0.29) is 11.8 Å². The molecule has 2 aromatic rings. The molecular formula is C17H17N3O2S. The summed E-state index contributed by atoms with van der Waals surface area (Å²) in [5.41, 5.74) is 1.08. The molecule has 0 saturated heterocycles. The molecule has 0 saturated carbocycles. The van der Waals surface area contributed by atoms with Crippen molar-refractivity contribution in [2.75, 3.05) is 11.6 Å². The van der Waals surface area contributed by atoms with Crippen LogP contribution >= 0.6 is 11.3 Å².